The number of halogens is 2. The summed E-state index contributed by atoms with van der Waals surface area (Å²) in [5.41, 5.74) is 5.84. The molecule has 0 amide bonds. The second kappa shape index (κ2) is 3.45. The van der Waals surface area contributed by atoms with Crippen LogP contribution in [0.1, 0.15) is 18.1 Å². The van der Waals surface area contributed by atoms with Gasteiger partial charge in [0.2, 0.25) is 0 Å². The predicted octanol–water partition coefficient (Wildman–Crippen LogP) is 2.06. The second-order valence-corrected chi connectivity index (χ2v) is 3.86. The van der Waals surface area contributed by atoms with Crippen molar-refractivity contribution in [3.8, 4) is 5.75 Å². The van der Waals surface area contributed by atoms with E-state index >= 15 is 0 Å². The summed E-state index contributed by atoms with van der Waals surface area (Å²) in [5.74, 6) is -2.24. The normalized spacial score (nSPS) is 19.9. The molecule has 0 radical (unpaired) electrons. The van der Waals surface area contributed by atoms with E-state index < -0.39 is 12.5 Å². The molecule has 0 saturated heterocycles. The first kappa shape index (κ1) is 10.4. The summed E-state index contributed by atoms with van der Waals surface area (Å²) in [6.07, 6.45) is 0.755. The maximum atomic E-state index is 13.3. The van der Waals surface area contributed by atoms with Gasteiger partial charge in [-0.3, -0.25) is 0 Å². The molecule has 1 aliphatic rings. The minimum atomic E-state index is -2.94. The Kier molecular flexibility index (Phi) is 2.38. The first-order valence-corrected chi connectivity index (χ1v) is 4.91. The first-order chi connectivity index (χ1) is 7.03. The first-order valence-electron chi connectivity index (χ1n) is 4.91. The molecule has 0 spiro atoms. The number of hydrogen-bond donors (Lipinski definition) is 1. The SMILES string of the molecule is CC1Cc2cc(C(F)(F)CN)ccc2O1. The van der Waals surface area contributed by atoms with Gasteiger partial charge in [-0.1, -0.05) is 0 Å². The van der Waals surface area contributed by atoms with Crippen LogP contribution in [0.15, 0.2) is 18.2 Å². The summed E-state index contributed by atoms with van der Waals surface area (Å²) in [4.78, 5) is 0. The van der Waals surface area contributed by atoms with Gasteiger partial charge in [0.1, 0.15) is 11.9 Å². The van der Waals surface area contributed by atoms with Crippen molar-refractivity contribution in [2.24, 2.45) is 5.73 Å². The van der Waals surface area contributed by atoms with Crippen molar-refractivity contribution in [3.63, 3.8) is 0 Å². The minimum Gasteiger partial charge on any atom is -0.490 e. The van der Waals surface area contributed by atoms with Crippen molar-refractivity contribution in [2.45, 2.75) is 25.4 Å². The predicted molar refractivity (Wildman–Crippen MR) is 53.2 cm³/mol. The molecule has 0 aliphatic carbocycles. The zero-order chi connectivity index (χ0) is 11.1. The third-order valence-corrected chi connectivity index (χ3v) is 2.57. The molecule has 1 unspecified atom stereocenters. The lowest BCUT2D eigenvalue weighted by Gasteiger charge is -2.14. The quantitative estimate of drug-likeness (QED) is 0.816. The van der Waals surface area contributed by atoms with Crippen LogP contribution in [0.3, 0.4) is 0 Å². The lowest BCUT2D eigenvalue weighted by atomic mass is 10.0. The Morgan fingerprint density at radius 2 is 2.27 bits per heavy atom. The molecule has 4 heteroatoms. The third kappa shape index (κ3) is 1.81. The molecule has 1 atom stereocenters. The van der Waals surface area contributed by atoms with Gasteiger partial charge in [0, 0.05) is 12.0 Å². The molecule has 0 bridgehead atoms. The Balaban J connectivity index is 2.35. The highest BCUT2D eigenvalue weighted by atomic mass is 19.3. The number of fused-ring (bicyclic) bond motifs is 1. The summed E-state index contributed by atoms with van der Waals surface area (Å²) in [6, 6.07) is 4.47. The van der Waals surface area contributed by atoms with Crippen LogP contribution in [0, 0.1) is 0 Å². The fourth-order valence-corrected chi connectivity index (χ4v) is 1.77. The van der Waals surface area contributed by atoms with E-state index in [1.54, 1.807) is 6.07 Å². The van der Waals surface area contributed by atoms with E-state index in [1.807, 2.05) is 6.92 Å². The van der Waals surface area contributed by atoms with Gasteiger partial charge in [0.05, 0.1) is 6.54 Å². The molecule has 1 heterocycles. The molecule has 1 aliphatic heterocycles. The van der Waals surface area contributed by atoms with Crippen LogP contribution >= 0.6 is 0 Å². The Bertz CT molecular complexity index is 379. The Morgan fingerprint density at radius 1 is 1.53 bits per heavy atom. The van der Waals surface area contributed by atoms with E-state index in [0.717, 1.165) is 5.56 Å². The number of benzene rings is 1. The van der Waals surface area contributed by atoms with Crippen molar-refractivity contribution in [1.29, 1.82) is 0 Å². The summed E-state index contributed by atoms with van der Waals surface area (Å²) in [6.45, 7) is 1.25. The van der Waals surface area contributed by atoms with Gasteiger partial charge in [0.15, 0.2) is 0 Å². The zero-order valence-electron chi connectivity index (χ0n) is 8.47. The number of alkyl halides is 2. The summed E-state index contributed by atoms with van der Waals surface area (Å²) >= 11 is 0. The topological polar surface area (TPSA) is 35.2 Å². The smallest absolute Gasteiger partial charge is 0.285 e. The summed E-state index contributed by atoms with van der Waals surface area (Å²) in [5, 5.41) is 0. The molecule has 2 rings (SSSR count). The second-order valence-electron chi connectivity index (χ2n) is 3.86. The maximum absolute atomic E-state index is 13.3. The van der Waals surface area contributed by atoms with Crippen LogP contribution in [0.5, 0.6) is 5.75 Å². The van der Waals surface area contributed by atoms with Crippen LogP contribution in [-0.4, -0.2) is 12.6 Å². The molecule has 1 aromatic rings. The molecule has 2 N–H and O–H groups in total. The monoisotopic (exact) mass is 213 g/mol. The van der Waals surface area contributed by atoms with E-state index in [0.29, 0.717) is 12.2 Å². The molecule has 1 aromatic carbocycles. The standard InChI is InChI=1S/C11H13F2NO/c1-7-4-8-5-9(11(12,13)6-14)2-3-10(8)15-7/h2-3,5,7H,4,6,14H2,1H3. The van der Waals surface area contributed by atoms with E-state index in [1.165, 1.54) is 12.1 Å². The molecule has 0 fully saturated rings. The highest BCUT2D eigenvalue weighted by Gasteiger charge is 2.31. The molecule has 15 heavy (non-hydrogen) atoms. The van der Waals surface area contributed by atoms with Crippen LogP contribution in [0.25, 0.3) is 0 Å². The van der Waals surface area contributed by atoms with Crippen LogP contribution in [0.4, 0.5) is 8.78 Å². The van der Waals surface area contributed by atoms with Crippen molar-refractivity contribution >= 4 is 0 Å². The molecular weight excluding hydrogens is 200 g/mol. The van der Waals surface area contributed by atoms with Crippen LogP contribution in [0.2, 0.25) is 0 Å². The largest absolute Gasteiger partial charge is 0.490 e. The van der Waals surface area contributed by atoms with Gasteiger partial charge in [-0.15, -0.1) is 0 Å². The molecular formula is C11H13F2NO. The molecule has 2 nitrogen and oxygen atoms in total. The summed E-state index contributed by atoms with van der Waals surface area (Å²) < 4.78 is 32.0. The summed E-state index contributed by atoms with van der Waals surface area (Å²) in [7, 11) is 0. The van der Waals surface area contributed by atoms with E-state index in [2.05, 4.69) is 0 Å². The van der Waals surface area contributed by atoms with Crippen molar-refractivity contribution in [3.05, 3.63) is 29.3 Å². The molecule has 0 aromatic heterocycles. The van der Waals surface area contributed by atoms with Gasteiger partial charge in [-0.2, -0.15) is 8.78 Å². The Hall–Kier alpha value is -1.16. The molecule has 0 saturated carbocycles. The van der Waals surface area contributed by atoms with Crippen LogP contribution < -0.4 is 10.5 Å². The van der Waals surface area contributed by atoms with Crippen molar-refractivity contribution < 1.29 is 13.5 Å². The van der Waals surface area contributed by atoms with Crippen LogP contribution in [-0.2, 0) is 12.3 Å². The Morgan fingerprint density at radius 3 is 2.93 bits per heavy atom. The number of hydrogen-bond acceptors (Lipinski definition) is 2. The maximum Gasteiger partial charge on any atom is 0.285 e. The third-order valence-electron chi connectivity index (χ3n) is 2.57. The fraction of sp³-hybridized carbons (Fsp3) is 0.455. The average molecular weight is 213 g/mol. The van der Waals surface area contributed by atoms with Gasteiger partial charge in [-0.25, -0.2) is 0 Å². The number of rotatable bonds is 2. The number of ether oxygens (including phenoxy) is 1. The van der Waals surface area contributed by atoms with Gasteiger partial charge < -0.3 is 10.5 Å². The molecule has 82 valence electrons. The van der Waals surface area contributed by atoms with E-state index in [4.69, 9.17) is 10.5 Å². The Labute approximate surface area is 87.0 Å². The van der Waals surface area contributed by atoms with Gasteiger partial charge in [0.25, 0.3) is 5.92 Å². The van der Waals surface area contributed by atoms with Crippen molar-refractivity contribution in [2.75, 3.05) is 6.54 Å². The van der Waals surface area contributed by atoms with Gasteiger partial charge >= 0.3 is 0 Å². The minimum absolute atomic E-state index is 0.0264. The van der Waals surface area contributed by atoms with E-state index in [9.17, 15) is 8.78 Å². The fourth-order valence-electron chi connectivity index (χ4n) is 1.77. The zero-order valence-corrected chi connectivity index (χ0v) is 8.47. The van der Waals surface area contributed by atoms with Crippen molar-refractivity contribution in [1.82, 2.24) is 0 Å². The van der Waals surface area contributed by atoms with Gasteiger partial charge in [-0.05, 0) is 30.7 Å². The lowest BCUT2D eigenvalue weighted by molar-refractivity contribution is 0.00589. The average Bonchev–Trinajstić information content (AvgIpc) is 2.56. The number of nitrogens with two attached hydrogens (primary N) is 1. The highest BCUT2D eigenvalue weighted by molar-refractivity contribution is 5.41. The lowest BCUT2D eigenvalue weighted by Crippen LogP contribution is -2.25. The van der Waals surface area contributed by atoms with E-state index in [-0.39, 0.29) is 11.7 Å². The highest BCUT2D eigenvalue weighted by Crippen LogP contribution is 2.34.